The van der Waals surface area contributed by atoms with Gasteiger partial charge in [-0.15, -0.1) is 0 Å². The van der Waals surface area contributed by atoms with Crippen LogP contribution in [-0.2, 0) is 19.1 Å². The third-order valence-corrected chi connectivity index (χ3v) is 2.56. The van der Waals surface area contributed by atoms with Crippen LogP contribution < -0.4 is 0 Å². The van der Waals surface area contributed by atoms with Crippen molar-refractivity contribution in [1.29, 1.82) is 0 Å². The van der Waals surface area contributed by atoms with Crippen LogP contribution in [0.5, 0.6) is 0 Å². The van der Waals surface area contributed by atoms with Gasteiger partial charge in [-0.2, -0.15) is 0 Å². The molecule has 0 amide bonds. The average molecular weight is 202 g/mol. The topological polar surface area (TPSA) is 72.8 Å². The van der Waals surface area contributed by atoms with Crippen LogP contribution in [0.2, 0.25) is 0 Å². The summed E-state index contributed by atoms with van der Waals surface area (Å²) in [6.45, 7) is 1.85. The molecule has 0 aromatic rings. The van der Waals surface area contributed by atoms with Crippen LogP contribution in [0.1, 0.15) is 19.8 Å². The van der Waals surface area contributed by atoms with Crippen molar-refractivity contribution in [1.82, 2.24) is 0 Å². The van der Waals surface area contributed by atoms with Gasteiger partial charge in [-0.3, -0.25) is 9.59 Å². The number of rotatable bonds is 4. The van der Waals surface area contributed by atoms with Crippen molar-refractivity contribution in [3.05, 3.63) is 0 Å². The molecule has 80 valence electrons. The summed E-state index contributed by atoms with van der Waals surface area (Å²) >= 11 is 0. The highest BCUT2D eigenvalue weighted by molar-refractivity contribution is 6.00. The Hall–Kier alpha value is -1.10. The lowest BCUT2D eigenvalue weighted by Gasteiger charge is -2.40. The van der Waals surface area contributed by atoms with Crippen LogP contribution in [0.3, 0.4) is 0 Å². The van der Waals surface area contributed by atoms with Crippen LogP contribution in [0.25, 0.3) is 0 Å². The molecule has 1 aliphatic rings. The van der Waals surface area contributed by atoms with Gasteiger partial charge >= 0.3 is 11.9 Å². The maximum atomic E-state index is 11.4. The fourth-order valence-corrected chi connectivity index (χ4v) is 1.58. The Balaban J connectivity index is 2.67. The minimum absolute atomic E-state index is 0.143. The molecule has 0 bridgehead atoms. The Labute approximate surface area is 82.0 Å². The van der Waals surface area contributed by atoms with Crippen LogP contribution in [0.4, 0.5) is 0 Å². The first kappa shape index (κ1) is 11.0. The van der Waals surface area contributed by atoms with E-state index in [1.165, 1.54) is 7.11 Å². The molecule has 1 aliphatic carbocycles. The van der Waals surface area contributed by atoms with Crippen molar-refractivity contribution in [2.75, 3.05) is 13.7 Å². The quantitative estimate of drug-likeness (QED) is 0.528. The fraction of sp³-hybridized carbons (Fsp3) is 0.778. The number of carboxylic acid groups (broad SMARTS) is 1. The van der Waals surface area contributed by atoms with Gasteiger partial charge in [0.1, 0.15) is 0 Å². The Morgan fingerprint density at radius 3 is 2.43 bits per heavy atom. The molecule has 0 radical (unpaired) electrons. The molecule has 0 atom stereocenters. The zero-order valence-corrected chi connectivity index (χ0v) is 8.28. The van der Waals surface area contributed by atoms with E-state index in [0.717, 1.165) is 0 Å². The number of aliphatic carboxylic acids is 1. The standard InChI is InChI=1S/C9H14O5/c1-3-14-8(12)9(7(10)11)4-6(5-9)13-2/h6H,3-5H2,1-2H3,(H,10,11). The molecule has 0 spiro atoms. The number of carbonyl (C=O) groups excluding carboxylic acids is 1. The lowest BCUT2D eigenvalue weighted by Crippen LogP contribution is -2.53. The molecular weight excluding hydrogens is 188 g/mol. The van der Waals surface area contributed by atoms with Gasteiger partial charge in [0, 0.05) is 20.0 Å². The van der Waals surface area contributed by atoms with Gasteiger partial charge in [-0.25, -0.2) is 0 Å². The predicted molar refractivity (Wildman–Crippen MR) is 46.7 cm³/mol. The first-order valence-corrected chi connectivity index (χ1v) is 4.50. The maximum Gasteiger partial charge on any atom is 0.323 e. The van der Waals surface area contributed by atoms with Gasteiger partial charge in [0.25, 0.3) is 0 Å². The second-order valence-corrected chi connectivity index (χ2v) is 3.37. The smallest absolute Gasteiger partial charge is 0.323 e. The number of hydrogen-bond donors (Lipinski definition) is 1. The third-order valence-electron chi connectivity index (χ3n) is 2.56. The average Bonchev–Trinajstić information content (AvgIpc) is 2.02. The number of carboxylic acids is 1. The largest absolute Gasteiger partial charge is 0.480 e. The zero-order chi connectivity index (χ0) is 10.8. The summed E-state index contributed by atoms with van der Waals surface area (Å²) in [4.78, 5) is 22.3. The summed E-state index contributed by atoms with van der Waals surface area (Å²) in [6.07, 6.45) is 0.269. The SMILES string of the molecule is CCOC(=O)C1(C(=O)O)CC(OC)C1. The first-order valence-electron chi connectivity index (χ1n) is 4.50. The van der Waals surface area contributed by atoms with E-state index in [0.29, 0.717) is 0 Å². The van der Waals surface area contributed by atoms with E-state index in [2.05, 4.69) is 0 Å². The van der Waals surface area contributed by atoms with E-state index in [1.807, 2.05) is 0 Å². The fourth-order valence-electron chi connectivity index (χ4n) is 1.58. The molecule has 1 rings (SSSR count). The third kappa shape index (κ3) is 1.59. The molecule has 0 aromatic heterocycles. The predicted octanol–water partition coefficient (Wildman–Crippen LogP) is 0.429. The highest BCUT2D eigenvalue weighted by Gasteiger charge is 2.58. The zero-order valence-electron chi connectivity index (χ0n) is 8.28. The van der Waals surface area contributed by atoms with Crippen LogP contribution in [-0.4, -0.2) is 36.9 Å². The van der Waals surface area contributed by atoms with Crippen molar-refractivity contribution in [2.45, 2.75) is 25.9 Å². The van der Waals surface area contributed by atoms with E-state index in [-0.39, 0.29) is 25.6 Å². The summed E-state index contributed by atoms with van der Waals surface area (Å²) in [5.74, 6) is -1.77. The summed E-state index contributed by atoms with van der Waals surface area (Å²) < 4.78 is 9.68. The van der Waals surface area contributed by atoms with Crippen LogP contribution in [0, 0.1) is 5.41 Å². The highest BCUT2D eigenvalue weighted by Crippen LogP contribution is 2.44. The molecule has 0 saturated heterocycles. The lowest BCUT2D eigenvalue weighted by molar-refractivity contribution is -0.186. The molecule has 0 heterocycles. The highest BCUT2D eigenvalue weighted by atomic mass is 16.5. The molecule has 0 aromatic carbocycles. The van der Waals surface area contributed by atoms with Crippen LogP contribution in [0.15, 0.2) is 0 Å². The summed E-state index contributed by atoms with van der Waals surface area (Å²) in [5.41, 5.74) is -1.36. The summed E-state index contributed by atoms with van der Waals surface area (Å²) in [6, 6.07) is 0. The van der Waals surface area contributed by atoms with E-state index >= 15 is 0 Å². The molecule has 5 heteroatoms. The van der Waals surface area contributed by atoms with Gasteiger partial charge < -0.3 is 14.6 Å². The molecule has 14 heavy (non-hydrogen) atoms. The summed E-state index contributed by atoms with van der Waals surface area (Å²) in [5, 5.41) is 8.94. The molecule has 1 fully saturated rings. The van der Waals surface area contributed by atoms with Crippen LogP contribution >= 0.6 is 0 Å². The van der Waals surface area contributed by atoms with Crippen molar-refractivity contribution < 1.29 is 24.2 Å². The minimum atomic E-state index is -1.36. The van der Waals surface area contributed by atoms with Gasteiger partial charge in [0.15, 0.2) is 5.41 Å². The number of esters is 1. The number of carbonyl (C=O) groups is 2. The van der Waals surface area contributed by atoms with Gasteiger partial charge in [-0.05, 0) is 6.92 Å². The second-order valence-electron chi connectivity index (χ2n) is 3.37. The van der Waals surface area contributed by atoms with E-state index in [9.17, 15) is 9.59 Å². The Morgan fingerprint density at radius 1 is 1.50 bits per heavy atom. The molecule has 1 N–H and O–H groups in total. The summed E-state index contributed by atoms with van der Waals surface area (Å²) in [7, 11) is 1.50. The molecule has 1 saturated carbocycles. The van der Waals surface area contributed by atoms with Crippen molar-refractivity contribution in [3.8, 4) is 0 Å². The molecule has 5 nitrogen and oxygen atoms in total. The molecule has 0 aliphatic heterocycles. The molecular formula is C9H14O5. The second kappa shape index (κ2) is 3.96. The van der Waals surface area contributed by atoms with E-state index in [1.54, 1.807) is 6.92 Å². The lowest BCUT2D eigenvalue weighted by atomic mass is 9.66. The number of hydrogen-bond acceptors (Lipinski definition) is 4. The van der Waals surface area contributed by atoms with Gasteiger partial charge in [0.2, 0.25) is 0 Å². The minimum Gasteiger partial charge on any atom is -0.480 e. The van der Waals surface area contributed by atoms with E-state index < -0.39 is 17.4 Å². The Kier molecular flexibility index (Phi) is 3.10. The molecule has 0 unspecified atom stereocenters. The number of methoxy groups -OCH3 is 1. The van der Waals surface area contributed by atoms with Gasteiger partial charge in [-0.1, -0.05) is 0 Å². The van der Waals surface area contributed by atoms with Crippen molar-refractivity contribution in [2.24, 2.45) is 5.41 Å². The Bertz CT molecular complexity index is 242. The number of ether oxygens (including phenoxy) is 2. The van der Waals surface area contributed by atoms with Crippen molar-refractivity contribution >= 4 is 11.9 Å². The van der Waals surface area contributed by atoms with Gasteiger partial charge in [0.05, 0.1) is 12.7 Å². The maximum absolute atomic E-state index is 11.4. The first-order chi connectivity index (χ1) is 6.56. The van der Waals surface area contributed by atoms with Crippen molar-refractivity contribution in [3.63, 3.8) is 0 Å². The normalized spacial score (nSPS) is 30.6. The van der Waals surface area contributed by atoms with E-state index in [4.69, 9.17) is 14.6 Å². The Morgan fingerprint density at radius 2 is 2.07 bits per heavy atom. The monoisotopic (exact) mass is 202 g/mol.